The van der Waals surface area contributed by atoms with Crippen LogP contribution in [-0.2, 0) is 53.4 Å². The second-order valence-corrected chi connectivity index (χ2v) is 7.09. The van der Waals surface area contributed by atoms with E-state index in [4.69, 9.17) is 28.7 Å². The third-order valence-electron chi connectivity index (χ3n) is 0.800. The number of rotatable bonds is 0. The minimum absolute atomic E-state index is 0.300. The summed E-state index contributed by atoms with van der Waals surface area (Å²) in [6.45, 7) is 0. The second-order valence-electron chi connectivity index (χ2n) is 1.38. The van der Waals surface area contributed by atoms with E-state index in [-0.39, 0.29) is 0 Å². The van der Waals surface area contributed by atoms with Crippen LogP contribution in [0.1, 0.15) is 0 Å². The van der Waals surface area contributed by atoms with Gasteiger partial charge in [0.2, 0.25) is 0 Å². The first-order valence-corrected chi connectivity index (χ1v) is 7.78. The molecule has 4 aliphatic rings. The Hall–Kier alpha value is 2.16. The molecule has 0 N–H and O–H groups in total. The van der Waals surface area contributed by atoms with Gasteiger partial charge in [-0.25, -0.2) is 25.9 Å². The standard InChI is InChI=1S/O6P4.O.Zr/c1-7-2-9-4-8(1)5-10(3-7)6-9;;. The topological polar surface area (TPSA) is 72.5 Å². The molecule has 66 valence electrons. The van der Waals surface area contributed by atoms with Gasteiger partial charge in [0.05, 0.1) is 0 Å². The van der Waals surface area contributed by atoms with Crippen LogP contribution in [0.25, 0.3) is 0 Å². The zero-order valence-electron chi connectivity index (χ0n) is 5.15. The predicted molar refractivity (Wildman–Crippen MR) is 34.9 cm³/mol. The Balaban J connectivity index is 0.000000264. The quantitative estimate of drug-likeness (QED) is 0.633. The van der Waals surface area contributed by atoms with E-state index in [1.54, 1.807) is 0 Å². The van der Waals surface area contributed by atoms with E-state index in [9.17, 15) is 0 Å². The van der Waals surface area contributed by atoms with E-state index >= 15 is 0 Å². The van der Waals surface area contributed by atoms with Crippen LogP contribution in [0, 0.1) is 0 Å². The summed E-state index contributed by atoms with van der Waals surface area (Å²) in [4.78, 5) is 0. The molecule has 4 aliphatic heterocycles. The summed E-state index contributed by atoms with van der Waals surface area (Å²) < 4.78 is 38.4. The van der Waals surface area contributed by atoms with Gasteiger partial charge in [-0.1, -0.05) is 0 Å². The van der Waals surface area contributed by atoms with Gasteiger partial charge in [0, 0.05) is 0 Å². The Kier molecular flexibility index (Phi) is 4.26. The van der Waals surface area contributed by atoms with E-state index in [2.05, 4.69) is 0 Å². The predicted octanol–water partition coefficient (Wildman–Crippen LogP) is 2.91. The van der Waals surface area contributed by atoms with E-state index in [0.29, 0.717) is 24.7 Å². The molecule has 0 unspecified atom stereocenters. The molecule has 4 fully saturated rings. The molecule has 0 aliphatic carbocycles. The van der Waals surface area contributed by atoms with Crippen molar-refractivity contribution in [2.45, 2.75) is 0 Å². The van der Waals surface area contributed by atoms with Gasteiger partial charge in [-0.05, 0) is 0 Å². The Labute approximate surface area is 87.7 Å². The van der Waals surface area contributed by atoms with Gasteiger partial charge in [-0.3, -0.25) is 0 Å². The van der Waals surface area contributed by atoms with Crippen LogP contribution in [0.3, 0.4) is 0 Å². The molecule has 4 heterocycles. The summed E-state index contributed by atoms with van der Waals surface area (Å²) >= 11 is 0.300. The van der Waals surface area contributed by atoms with Gasteiger partial charge in [-0.2, -0.15) is 0 Å². The van der Waals surface area contributed by atoms with E-state index in [0.717, 1.165) is 0 Å². The first kappa shape index (κ1) is 10.7. The monoisotopic (exact) mass is 326 g/mol. The molecule has 12 heteroatoms. The number of hydrogen-bond donors (Lipinski definition) is 0. The van der Waals surface area contributed by atoms with Crippen LogP contribution >= 0.6 is 34.4 Å². The van der Waals surface area contributed by atoms with E-state index < -0.39 is 34.4 Å². The third kappa shape index (κ3) is 2.21. The molecule has 0 aromatic rings. The van der Waals surface area contributed by atoms with Crippen molar-refractivity contribution in [1.29, 1.82) is 0 Å². The zero-order chi connectivity index (χ0) is 8.55. The van der Waals surface area contributed by atoms with Crippen LogP contribution in [0.5, 0.6) is 0 Å². The van der Waals surface area contributed by atoms with Crippen LogP contribution in [0.2, 0.25) is 0 Å². The normalized spacial score (nSPS) is 48.2. The van der Waals surface area contributed by atoms with Crippen molar-refractivity contribution in [2.75, 3.05) is 0 Å². The molecular weight excluding hydrogens is 327 g/mol. The molecule has 7 nitrogen and oxygen atoms in total. The molecule has 0 aromatic carbocycles. The maximum atomic E-state index is 8.34. The van der Waals surface area contributed by atoms with Gasteiger partial charge in [0.25, 0.3) is 0 Å². The fourth-order valence-electron chi connectivity index (χ4n) is 0.505. The SMILES string of the molecule is O1P2OP3OP1OP(O2)O3.[O]=[Zr]. The van der Waals surface area contributed by atoms with Gasteiger partial charge in [0.1, 0.15) is 0 Å². The third-order valence-corrected chi connectivity index (χ3v) is 7.20. The average Bonchev–Trinajstić information content (AvgIpc) is 2.05. The van der Waals surface area contributed by atoms with Crippen molar-refractivity contribution >= 4 is 34.4 Å². The van der Waals surface area contributed by atoms with Gasteiger partial charge >= 0.3 is 61.9 Å². The molecule has 0 radical (unpaired) electrons. The van der Waals surface area contributed by atoms with Crippen molar-refractivity contribution in [3.8, 4) is 0 Å². The average molecular weight is 327 g/mol. The molecular formula is O7P4Zr. The van der Waals surface area contributed by atoms with Crippen molar-refractivity contribution < 1.29 is 53.4 Å². The summed E-state index contributed by atoms with van der Waals surface area (Å²) in [6, 6.07) is 0. The summed E-state index contributed by atoms with van der Waals surface area (Å²) in [5, 5.41) is 0. The minimum atomic E-state index is -1.20. The van der Waals surface area contributed by atoms with E-state index in [1.165, 1.54) is 0 Å². The molecule has 0 spiro atoms. The van der Waals surface area contributed by atoms with Crippen LogP contribution in [0.15, 0.2) is 0 Å². The van der Waals surface area contributed by atoms with Crippen LogP contribution in [0.4, 0.5) is 0 Å². The van der Waals surface area contributed by atoms with Crippen molar-refractivity contribution in [2.24, 2.45) is 0 Å². The molecule has 4 rings (SSSR count). The van der Waals surface area contributed by atoms with Gasteiger partial charge in [0.15, 0.2) is 0 Å². The molecule has 0 amide bonds. The van der Waals surface area contributed by atoms with Gasteiger partial charge in [-0.15, -0.1) is 0 Å². The first-order chi connectivity index (χ1) is 5.90. The molecule has 0 atom stereocenters. The molecule has 0 aromatic heterocycles. The second kappa shape index (κ2) is 4.79. The molecule has 12 heavy (non-hydrogen) atoms. The van der Waals surface area contributed by atoms with Crippen LogP contribution in [-0.4, -0.2) is 0 Å². The Morgan fingerprint density at radius 2 is 0.750 bits per heavy atom. The van der Waals surface area contributed by atoms with Crippen LogP contribution < -0.4 is 0 Å². The summed E-state index contributed by atoms with van der Waals surface area (Å²) in [5.41, 5.74) is 0. The van der Waals surface area contributed by atoms with Crippen molar-refractivity contribution in [3.63, 3.8) is 0 Å². The summed E-state index contributed by atoms with van der Waals surface area (Å²) in [6.07, 6.45) is 0. The maximum absolute atomic E-state index is 8.34. The zero-order valence-corrected chi connectivity index (χ0v) is 11.2. The van der Waals surface area contributed by atoms with Gasteiger partial charge < -0.3 is 0 Å². The molecule has 4 bridgehead atoms. The Morgan fingerprint density at radius 3 is 0.917 bits per heavy atom. The van der Waals surface area contributed by atoms with Crippen molar-refractivity contribution in [1.82, 2.24) is 0 Å². The van der Waals surface area contributed by atoms with E-state index in [1.807, 2.05) is 0 Å². The first-order valence-electron chi connectivity index (χ1n) is 2.40. The summed E-state index contributed by atoms with van der Waals surface area (Å²) in [7, 11) is -4.80. The fourth-order valence-corrected chi connectivity index (χ4v) is 7.77. The Bertz CT molecular complexity index is 118. The fraction of sp³-hybridized carbons (Fsp3) is 0. The molecule has 0 saturated carbocycles. The number of hydrogen-bond acceptors (Lipinski definition) is 7. The Morgan fingerprint density at radius 1 is 0.583 bits per heavy atom. The summed E-state index contributed by atoms with van der Waals surface area (Å²) in [5.74, 6) is 0. The van der Waals surface area contributed by atoms with Crippen molar-refractivity contribution in [3.05, 3.63) is 0 Å². The molecule has 4 saturated heterocycles.